The van der Waals surface area contributed by atoms with Crippen molar-refractivity contribution in [2.75, 3.05) is 0 Å². The predicted octanol–water partition coefficient (Wildman–Crippen LogP) is 2.02. The molecule has 76 valence electrons. The largest absolute Gasteiger partial charge is 0.293 e. The van der Waals surface area contributed by atoms with E-state index in [-0.39, 0.29) is 0 Å². The van der Waals surface area contributed by atoms with Gasteiger partial charge in [-0.1, -0.05) is 29.8 Å². The Labute approximate surface area is 89.7 Å². The normalized spacial score (nSPS) is 10.3. The van der Waals surface area contributed by atoms with Gasteiger partial charge in [0.1, 0.15) is 5.02 Å². The van der Waals surface area contributed by atoms with Gasteiger partial charge >= 0.3 is 0 Å². The maximum Gasteiger partial charge on any atom is 0.293 e. The number of hydrogen-bond acceptors (Lipinski definition) is 2. The summed E-state index contributed by atoms with van der Waals surface area (Å²) in [5.74, 6) is -0.811. The van der Waals surface area contributed by atoms with Gasteiger partial charge in [0.2, 0.25) is 0 Å². The van der Waals surface area contributed by atoms with Crippen LogP contribution < -0.4 is 5.56 Å². The smallest absolute Gasteiger partial charge is 0.266 e. The SMILES string of the molecule is O=c1c(Cl)c(F)cnn1-c1ccccc1. The second-order valence-corrected chi connectivity index (χ2v) is 3.24. The summed E-state index contributed by atoms with van der Waals surface area (Å²) < 4.78 is 13.9. The lowest BCUT2D eigenvalue weighted by molar-refractivity contribution is 0.601. The van der Waals surface area contributed by atoms with Crippen LogP contribution in [-0.2, 0) is 0 Å². The molecule has 0 bridgehead atoms. The monoisotopic (exact) mass is 224 g/mol. The van der Waals surface area contributed by atoms with Crippen LogP contribution in [0.5, 0.6) is 0 Å². The molecule has 0 aliphatic heterocycles. The second-order valence-electron chi connectivity index (χ2n) is 2.86. The zero-order valence-corrected chi connectivity index (χ0v) is 8.28. The molecule has 0 saturated carbocycles. The van der Waals surface area contributed by atoms with Gasteiger partial charge in [-0.05, 0) is 12.1 Å². The first-order valence-corrected chi connectivity index (χ1v) is 4.56. The Morgan fingerprint density at radius 3 is 2.60 bits per heavy atom. The van der Waals surface area contributed by atoms with E-state index in [1.54, 1.807) is 30.3 Å². The molecule has 5 heteroatoms. The Morgan fingerprint density at radius 1 is 1.27 bits per heavy atom. The highest BCUT2D eigenvalue weighted by atomic mass is 35.5. The van der Waals surface area contributed by atoms with E-state index in [4.69, 9.17) is 11.6 Å². The number of nitrogens with zero attached hydrogens (tertiary/aromatic N) is 2. The van der Waals surface area contributed by atoms with Gasteiger partial charge in [0, 0.05) is 0 Å². The van der Waals surface area contributed by atoms with Gasteiger partial charge < -0.3 is 0 Å². The minimum absolute atomic E-state index is 0.450. The highest BCUT2D eigenvalue weighted by Gasteiger charge is 2.09. The first-order chi connectivity index (χ1) is 7.20. The van der Waals surface area contributed by atoms with E-state index in [0.717, 1.165) is 10.9 Å². The number of aromatic nitrogens is 2. The molecule has 0 unspecified atom stereocenters. The van der Waals surface area contributed by atoms with E-state index in [0.29, 0.717) is 5.69 Å². The minimum atomic E-state index is -0.811. The number of para-hydroxylation sites is 1. The lowest BCUT2D eigenvalue weighted by Crippen LogP contribution is -2.22. The molecule has 0 aliphatic rings. The Bertz CT molecular complexity index is 539. The van der Waals surface area contributed by atoms with Crippen LogP contribution in [0.4, 0.5) is 4.39 Å². The van der Waals surface area contributed by atoms with Crippen molar-refractivity contribution in [1.29, 1.82) is 0 Å². The first kappa shape index (κ1) is 9.86. The van der Waals surface area contributed by atoms with E-state index in [1.165, 1.54) is 0 Å². The quantitative estimate of drug-likeness (QED) is 0.743. The fraction of sp³-hybridized carbons (Fsp3) is 0. The highest BCUT2D eigenvalue weighted by molar-refractivity contribution is 6.30. The van der Waals surface area contributed by atoms with Crippen molar-refractivity contribution in [3.05, 3.63) is 57.7 Å². The van der Waals surface area contributed by atoms with E-state index in [2.05, 4.69) is 5.10 Å². The molecule has 1 aromatic heterocycles. The van der Waals surface area contributed by atoms with Gasteiger partial charge in [-0.15, -0.1) is 0 Å². The fourth-order valence-corrected chi connectivity index (χ4v) is 1.29. The Kier molecular flexibility index (Phi) is 2.51. The maximum atomic E-state index is 12.9. The van der Waals surface area contributed by atoms with Crippen molar-refractivity contribution in [3.63, 3.8) is 0 Å². The zero-order valence-electron chi connectivity index (χ0n) is 7.52. The van der Waals surface area contributed by atoms with Crippen molar-refractivity contribution in [2.24, 2.45) is 0 Å². The summed E-state index contributed by atoms with van der Waals surface area (Å²) in [4.78, 5) is 11.5. The Balaban J connectivity index is 2.66. The van der Waals surface area contributed by atoms with Crippen LogP contribution in [0.2, 0.25) is 5.02 Å². The van der Waals surface area contributed by atoms with Crippen molar-refractivity contribution in [1.82, 2.24) is 9.78 Å². The first-order valence-electron chi connectivity index (χ1n) is 4.19. The molecule has 1 heterocycles. The van der Waals surface area contributed by atoms with E-state index >= 15 is 0 Å². The summed E-state index contributed by atoms with van der Waals surface area (Å²) in [6, 6.07) is 8.67. The lowest BCUT2D eigenvalue weighted by atomic mass is 10.3. The Hall–Kier alpha value is -1.68. The van der Waals surface area contributed by atoms with E-state index in [1.807, 2.05) is 0 Å². The van der Waals surface area contributed by atoms with Crippen LogP contribution >= 0.6 is 11.6 Å². The van der Waals surface area contributed by atoms with E-state index in [9.17, 15) is 9.18 Å². The van der Waals surface area contributed by atoms with Crippen molar-refractivity contribution >= 4 is 11.6 Å². The summed E-state index contributed by atoms with van der Waals surface area (Å²) in [6.07, 6.45) is 0.913. The van der Waals surface area contributed by atoms with Gasteiger partial charge in [-0.25, -0.2) is 4.39 Å². The molecular formula is C10H6ClFN2O. The molecule has 0 radical (unpaired) electrons. The molecular weight excluding hydrogens is 219 g/mol. The van der Waals surface area contributed by atoms with E-state index < -0.39 is 16.4 Å². The van der Waals surface area contributed by atoms with Crippen LogP contribution in [0.15, 0.2) is 41.3 Å². The van der Waals surface area contributed by atoms with Crippen LogP contribution in [-0.4, -0.2) is 9.78 Å². The average molecular weight is 225 g/mol. The molecule has 2 rings (SSSR count). The number of halogens is 2. The van der Waals surface area contributed by atoms with Crippen molar-refractivity contribution < 1.29 is 4.39 Å². The topological polar surface area (TPSA) is 34.9 Å². The lowest BCUT2D eigenvalue weighted by Gasteiger charge is -2.03. The molecule has 0 spiro atoms. The van der Waals surface area contributed by atoms with Crippen LogP contribution in [0.1, 0.15) is 0 Å². The average Bonchev–Trinajstić information content (AvgIpc) is 2.27. The summed E-state index contributed by atoms with van der Waals surface area (Å²) in [5, 5.41) is 3.20. The second kappa shape index (κ2) is 3.82. The van der Waals surface area contributed by atoms with Gasteiger partial charge in [0.15, 0.2) is 5.82 Å². The summed E-state index contributed by atoms with van der Waals surface area (Å²) in [5.41, 5.74) is -0.118. The fourth-order valence-electron chi connectivity index (χ4n) is 1.17. The molecule has 1 aromatic carbocycles. The standard InChI is InChI=1S/C10H6ClFN2O/c11-9-8(12)6-13-14(10(9)15)7-4-2-1-3-5-7/h1-6H. The summed E-state index contributed by atoms with van der Waals surface area (Å²) in [6.45, 7) is 0. The summed E-state index contributed by atoms with van der Waals surface area (Å²) >= 11 is 5.48. The van der Waals surface area contributed by atoms with Crippen LogP contribution in [0.3, 0.4) is 0 Å². The summed E-state index contributed by atoms with van der Waals surface area (Å²) in [7, 11) is 0. The molecule has 0 fully saturated rings. The minimum Gasteiger partial charge on any atom is -0.266 e. The van der Waals surface area contributed by atoms with Gasteiger partial charge in [-0.3, -0.25) is 4.79 Å². The molecule has 0 saturated heterocycles. The highest BCUT2D eigenvalue weighted by Crippen LogP contribution is 2.08. The number of benzene rings is 1. The van der Waals surface area contributed by atoms with Gasteiger partial charge in [0.25, 0.3) is 5.56 Å². The molecule has 0 aliphatic carbocycles. The molecule has 0 amide bonds. The van der Waals surface area contributed by atoms with Crippen molar-refractivity contribution in [2.45, 2.75) is 0 Å². The van der Waals surface area contributed by atoms with Crippen LogP contribution in [0.25, 0.3) is 5.69 Å². The molecule has 15 heavy (non-hydrogen) atoms. The van der Waals surface area contributed by atoms with Crippen molar-refractivity contribution in [3.8, 4) is 5.69 Å². The zero-order chi connectivity index (χ0) is 10.8. The predicted molar refractivity (Wildman–Crippen MR) is 54.8 cm³/mol. The molecule has 2 aromatic rings. The molecule has 0 N–H and O–H groups in total. The van der Waals surface area contributed by atoms with Gasteiger partial charge in [-0.2, -0.15) is 9.78 Å². The third kappa shape index (κ3) is 1.76. The third-order valence-corrected chi connectivity index (χ3v) is 2.22. The van der Waals surface area contributed by atoms with Gasteiger partial charge in [0.05, 0.1) is 11.9 Å². The maximum absolute atomic E-state index is 12.9. The van der Waals surface area contributed by atoms with Crippen LogP contribution in [0, 0.1) is 5.82 Å². The number of hydrogen-bond donors (Lipinski definition) is 0. The Morgan fingerprint density at radius 2 is 1.93 bits per heavy atom. The molecule has 3 nitrogen and oxygen atoms in total. The molecule has 0 atom stereocenters. The third-order valence-electron chi connectivity index (χ3n) is 1.88. The number of rotatable bonds is 1.